The Labute approximate surface area is 101 Å². The van der Waals surface area contributed by atoms with Crippen molar-refractivity contribution < 1.29 is 9.53 Å². The van der Waals surface area contributed by atoms with Gasteiger partial charge in [-0.2, -0.15) is 0 Å². The van der Waals surface area contributed by atoms with Gasteiger partial charge in [0.25, 0.3) is 0 Å². The highest BCUT2D eigenvalue weighted by molar-refractivity contribution is 5.90. The molecule has 2 N–H and O–H groups in total. The minimum absolute atomic E-state index is 0.138. The lowest BCUT2D eigenvalue weighted by atomic mass is 10.0. The maximum absolute atomic E-state index is 11.4. The van der Waals surface area contributed by atoms with Gasteiger partial charge in [-0.3, -0.25) is 0 Å². The second-order valence-corrected chi connectivity index (χ2v) is 4.87. The number of carbonyl (C=O) groups excluding carboxylic acids is 1. The number of hydrogen-bond donors (Lipinski definition) is 1. The summed E-state index contributed by atoms with van der Waals surface area (Å²) in [5.74, 6) is -0.304. The van der Waals surface area contributed by atoms with Crippen molar-refractivity contribution in [3.8, 4) is 0 Å². The van der Waals surface area contributed by atoms with Crippen molar-refractivity contribution in [2.45, 2.75) is 18.9 Å². The lowest BCUT2D eigenvalue weighted by Crippen LogP contribution is -2.39. The van der Waals surface area contributed by atoms with Gasteiger partial charge in [-0.15, -0.1) is 0 Å². The summed E-state index contributed by atoms with van der Waals surface area (Å²) in [4.78, 5) is 13.6. The van der Waals surface area contributed by atoms with E-state index in [1.165, 1.54) is 7.11 Å². The van der Waals surface area contributed by atoms with Crippen LogP contribution in [0, 0.1) is 0 Å². The molecule has 0 amide bonds. The number of hydrogen-bond acceptors (Lipinski definition) is 4. The molecule has 1 aliphatic rings. The fourth-order valence-corrected chi connectivity index (χ4v) is 2.15. The van der Waals surface area contributed by atoms with E-state index in [-0.39, 0.29) is 11.5 Å². The van der Waals surface area contributed by atoms with Gasteiger partial charge in [-0.1, -0.05) is 6.07 Å². The van der Waals surface area contributed by atoms with E-state index < -0.39 is 0 Å². The van der Waals surface area contributed by atoms with E-state index in [1.807, 2.05) is 18.2 Å². The van der Waals surface area contributed by atoms with Gasteiger partial charge in [0.05, 0.1) is 12.7 Å². The van der Waals surface area contributed by atoms with E-state index in [9.17, 15) is 4.79 Å². The average Bonchev–Trinajstić information content (AvgIpc) is 2.69. The molecule has 0 radical (unpaired) electrons. The molecule has 2 rings (SSSR count). The maximum Gasteiger partial charge on any atom is 0.337 e. The highest BCUT2D eigenvalue weighted by Crippen LogP contribution is 2.25. The quantitative estimate of drug-likeness (QED) is 0.786. The molecule has 0 saturated carbocycles. The van der Waals surface area contributed by atoms with Crippen molar-refractivity contribution >= 4 is 11.7 Å². The Balaban J connectivity index is 2.20. The number of rotatable bonds is 2. The Morgan fingerprint density at radius 2 is 2.29 bits per heavy atom. The highest BCUT2D eigenvalue weighted by atomic mass is 16.5. The van der Waals surface area contributed by atoms with Crippen LogP contribution in [0.15, 0.2) is 24.3 Å². The first kappa shape index (κ1) is 11.9. The van der Waals surface area contributed by atoms with Gasteiger partial charge in [0, 0.05) is 24.3 Å². The van der Waals surface area contributed by atoms with Gasteiger partial charge in [-0.05, 0) is 31.5 Å². The number of nitrogens with zero attached hydrogens (tertiary/aromatic N) is 1. The predicted molar refractivity (Wildman–Crippen MR) is 67.2 cm³/mol. The fraction of sp³-hybridized carbons (Fsp3) is 0.462. The third kappa shape index (κ3) is 2.58. The summed E-state index contributed by atoms with van der Waals surface area (Å²) in [5.41, 5.74) is 7.57. The number of carbonyl (C=O) groups is 1. The van der Waals surface area contributed by atoms with Crippen LogP contribution in [0.25, 0.3) is 0 Å². The van der Waals surface area contributed by atoms with Crippen molar-refractivity contribution in [1.29, 1.82) is 0 Å². The Hall–Kier alpha value is -1.55. The zero-order chi connectivity index (χ0) is 12.5. The average molecular weight is 234 g/mol. The topological polar surface area (TPSA) is 55.6 Å². The molecule has 92 valence electrons. The van der Waals surface area contributed by atoms with Gasteiger partial charge in [0.15, 0.2) is 0 Å². The molecule has 1 aliphatic heterocycles. The van der Waals surface area contributed by atoms with E-state index in [1.54, 1.807) is 6.07 Å². The van der Waals surface area contributed by atoms with Crippen LogP contribution in [0.3, 0.4) is 0 Å². The Morgan fingerprint density at radius 1 is 1.53 bits per heavy atom. The molecule has 1 atom stereocenters. The molecule has 17 heavy (non-hydrogen) atoms. The van der Waals surface area contributed by atoms with Gasteiger partial charge in [-0.25, -0.2) is 4.79 Å². The molecule has 1 fully saturated rings. The van der Waals surface area contributed by atoms with Crippen LogP contribution in [0.4, 0.5) is 5.69 Å². The summed E-state index contributed by atoms with van der Waals surface area (Å²) in [6, 6.07) is 7.47. The van der Waals surface area contributed by atoms with Gasteiger partial charge in [0.2, 0.25) is 0 Å². The van der Waals surface area contributed by atoms with Crippen molar-refractivity contribution in [2.24, 2.45) is 5.73 Å². The van der Waals surface area contributed by atoms with Crippen LogP contribution >= 0.6 is 0 Å². The summed E-state index contributed by atoms with van der Waals surface area (Å²) in [5, 5.41) is 0. The molecule has 1 aromatic carbocycles. The van der Waals surface area contributed by atoms with E-state index in [0.717, 1.165) is 25.2 Å². The lowest BCUT2D eigenvalue weighted by molar-refractivity contribution is 0.0601. The van der Waals surface area contributed by atoms with Gasteiger partial charge < -0.3 is 15.4 Å². The minimum atomic E-state index is -0.304. The molecule has 1 saturated heterocycles. The van der Waals surface area contributed by atoms with Crippen LogP contribution in [0.5, 0.6) is 0 Å². The summed E-state index contributed by atoms with van der Waals surface area (Å²) in [7, 11) is 1.39. The number of ether oxygens (including phenoxy) is 1. The molecular weight excluding hydrogens is 216 g/mol. The maximum atomic E-state index is 11.4. The van der Waals surface area contributed by atoms with E-state index in [4.69, 9.17) is 10.5 Å². The molecule has 1 aromatic rings. The normalized spacial score (nSPS) is 23.8. The summed E-state index contributed by atoms with van der Waals surface area (Å²) in [6.07, 6.45) is 0.968. The van der Waals surface area contributed by atoms with Crippen LogP contribution in [0.2, 0.25) is 0 Å². The largest absolute Gasteiger partial charge is 0.465 e. The van der Waals surface area contributed by atoms with Crippen LogP contribution in [-0.2, 0) is 4.74 Å². The minimum Gasteiger partial charge on any atom is -0.465 e. The smallest absolute Gasteiger partial charge is 0.337 e. The molecule has 0 aromatic heterocycles. The number of nitrogens with two attached hydrogens (primary N) is 1. The van der Waals surface area contributed by atoms with Crippen molar-refractivity contribution in [3.63, 3.8) is 0 Å². The first-order chi connectivity index (χ1) is 8.02. The van der Waals surface area contributed by atoms with Crippen molar-refractivity contribution in [1.82, 2.24) is 0 Å². The van der Waals surface area contributed by atoms with Gasteiger partial charge >= 0.3 is 5.97 Å². The number of anilines is 1. The molecule has 4 nitrogen and oxygen atoms in total. The predicted octanol–water partition coefficient (Wildman–Crippen LogP) is 1.40. The van der Waals surface area contributed by atoms with E-state index in [2.05, 4.69) is 11.8 Å². The monoisotopic (exact) mass is 234 g/mol. The Morgan fingerprint density at radius 3 is 2.88 bits per heavy atom. The molecule has 0 aliphatic carbocycles. The molecule has 0 bridgehead atoms. The number of benzene rings is 1. The van der Waals surface area contributed by atoms with E-state index >= 15 is 0 Å². The zero-order valence-corrected chi connectivity index (χ0v) is 10.3. The second kappa shape index (κ2) is 4.37. The summed E-state index contributed by atoms with van der Waals surface area (Å²) in [6.45, 7) is 3.80. The summed E-state index contributed by atoms with van der Waals surface area (Å²) < 4.78 is 4.71. The van der Waals surface area contributed by atoms with Crippen LogP contribution in [-0.4, -0.2) is 31.7 Å². The number of methoxy groups -OCH3 is 1. The first-order valence-corrected chi connectivity index (χ1v) is 5.74. The van der Waals surface area contributed by atoms with Crippen molar-refractivity contribution in [3.05, 3.63) is 29.8 Å². The Kier molecular flexibility index (Phi) is 3.07. The fourth-order valence-electron chi connectivity index (χ4n) is 2.15. The molecule has 1 unspecified atom stereocenters. The number of esters is 1. The molecule has 0 spiro atoms. The molecule has 4 heteroatoms. The third-order valence-corrected chi connectivity index (χ3v) is 3.14. The zero-order valence-electron chi connectivity index (χ0n) is 10.3. The first-order valence-electron chi connectivity index (χ1n) is 5.74. The SMILES string of the molecule is COC(=O)c1cccc(N2CCC(C)(N)C2)c1. The lowest BCUT2D eigenvalue weighted by Gasteiger charge is -2.21. The Bertz CT molecular complexity index is 429. The molecular formula is C13H18N2O2. The second-order valence-electron chi connectivity index (χ2n) is 4.87. The van der Waals surface area contributed by atoms with Crippen LogP contribution < -0.4 is 10.6 Å². The van der Waals surface area contributed by atoms with Crippen LogP contribution in [0.1, 0.15) is 23.7 Å². The standard InChI is InChI=1S/C13H18N2O2/c1-13(14)6-7-15(9-13)11-5-3-4-10(8-11)12(16)17-2/h3-5,8H,6-7,9,14H2,1-2H3. The molecule has 1 heterocycles. The van der Waals surface area contributed by atoms with Crippen molar-refractivity contribution in [2.75, 3.05) is 25.1 Å². The van der Waals surface area contributed by atoms with E-state index in [0.29, 0.717) is 5.56 Å². The highest BCUT2D eigenvalue weighted by Gasteiger charge is 2.29. The third-order valence-electron chi connectivity index (χ3n) is 3.14. The summed E-state index contributed by atoms with van der Waals surface area (Å²) >= 11 is 0. The van der Waals surface area contributed by atoms with Gasteiger partial charge in [0.1, 0.15) is 0 Å².